The van der Waals surface area contributed by atoms with E-state index in [-0.39, 0.29) is 32.7 Å². The minimum absolute atomic E-state index is 0.126. The largest absolute Gasteiger partial charge is 0.545 e. The van der Waals surface area contributed by atoms with Gasteiger partial charge in [-0.2, -0.15) is 0 Å². The van der Waals surface area contributed by atoms with E-state index < -0.39 is 30.3 Å². The van der Waals surface area contributed by atoms with Gasteiger partial charge in [0.1, 0.15) is 13.2 Å². The van der Waals surface area contributed by atoms with Crippen LogP contribution in [-0.2, 0) is 33.3 Å². The normalized spacial score (nSPS) is 14.1. The first-order valence-electron chi connectivity index (χ1n) is 38.8. The molecular weight excluding hydrogens is 1250 g/mol. The number of allylic oxidation sites excluding steroid dienone is 42. The number of carboxylic acid groups (broad SMARTS) is 1. The van der Waals surface area contributed by atoms with E-state index in [1.807, 2.05) is 21.1 Å². The third-order valence-corrected chi connectivity index (χ3v) is 15.3. The van der Waals surface area contributed by atoms with Gasteiger partial charge >= 0.3 is 11.9 Å². The molecule has 0 spiro atoms. The number of carboxylic acids is 1. The van der Waals surface area contributed by atoms with Crippen LogP contribution in [0.4, 0.5) is 0 Å². The van der Waals surface area contributed by atoms with E-state index in [0.29, 0.717) is 23.9 Å². The van der Waals surface area contributed by atoms with Gasteiger partial charge in [-0.1, -0.05) is 314 Å². The smallest absolute Gasteiger partial charge is 0.306 e. The summed E-state index contributed by atoms with van der Waals surface area (Å²) >= 11 is 0. The molecule has 0 aromatic heterocycles. The SMILES string of the molecule is CC/C=C\C/C=C\C/C=C\C/C=C\C/C=C\C/C=C\C/C=C\C/C=C\C/C=C\C/C=C\C/C=C\CCCCCCCCCC(=O)OC(COC(=O)CCCCCC/C=C\C/C=C\C/C=C\C/C=C\C/C=C\C/C=C\C/C=C\C/C=C\C/C=C\C/C=C\CC)COC(OCC[N+](C)(C)C)C(=O)[O-]. The highest BCUT2D eigenvalue weighted by Crippen LogP contribution is 2.14. The first-order valence-corrected chi connectivity index (χ1v) is 38.8. The minimum Gasteiger partial charge on any atom is -0.545 e. The molecule has 0 fully saturated rings. The lowest BCUT2D eigenvalue weighted by atomic mass is 10.1. The average molecular weight is 1390 g/mol. The van der Waals surface area contributed by atoms with E-state index in [2.05, 4.69) is 269 Å². The van der Waals surface area contributed by atoms with Crippen LogP contribution in [-0.4, -0.2) is 82.3 Å². The molecule has 0 saturated heterocycles. The maximum Gasteiger partial charge on any atom is 0.306 e. The highest BCUT2D eigenvalue weighted by molar-refractivity contribution is 5.70. The number of nitrogens with zero attached hydrogens (tertiary/aromatic N) is 1. The van der Waals surface area contributed by atoms with Crippen molar-refractivity contribution < 1.29 is 42.9 Å². The number of ether oxygens (including phenoxy) is 4. The van der Waals surface area contributed by atoms with Crippen LogP contribution < -0.4 is 5.11 Å². The summed E-state index contributed by atoms with van der Waals surface area (Å²) in [5.74, 6) is -2.36. The van der Waals surface area contributed by atoms with Gasteiger partial charge in [-0.25, -0.2) is 0 Å². The van der Waals surface area contributed by atoms with Gasteiger partial charge in [0.2, 0.25) is 0 Å². The summed E-state index contributed by atoms with van der Waals surface area (Å²) in [6, 6.07) is 0. The van der Waals surface area contributed by atoms with Crippen LogP contribution in [0.3, 0.4) is 0 Å². The highest BCUT2D eigenvalue weighted by atomic mass is 16.7. The molecule has 0 heterocycles. The van der Waals surface area contributed by atoms with E-state index in [1.54, 1.807) is 0 Å². The van der Waals surface area contributed by atoms with Crippen molar-refractivity contribution in [3.05, 3.63) is 255 Å². The molecule has 2 unspecified atom stereocenters. The number of hydrogen-bond acceptors (Lipinski definition) is 8. The van der Waals surface area contributed by atoms with Gasteiger partial charge in [-0.3, -0.25) is 9.59 Å². The van der Waals surface area contributed by atoms with Gasteiger partial charge in [0, 0.05) is 12.8 Å². The standard InChI is InChI=1S/C92H139NO8/c1-6-8-10-12-14-16-18-20-22-24-26-28-30-32-34-36-38-40-42-43-44-45-46-47-49-51-53-55-57-59-61-63-65-67-69-71-73-75-77-79-81-83-90(95)101-88(87-100-92(91(96)97)98-85-84-93(3,4)5)86-99-89(94)82-80-78-76-74-72-70-68-66-64-62-60-58-56-54-52-50-48-41-39-37-35-33-31-29-27-25-23-21-19-17-15-13-11-9-7-2/h8-11,14-17,20-23,26-29,32-35,38-41,43-44,46-47,50-53,56-59,62-65,68,70,88,92H,6-7,12-13,18-19,24-25,30-31,36-37,42,45,48-49,54-55,60-61,66-67,69,71-87H2,1-5H3/b10-8-,11-9-,16-14-,17-15-,22-20-,23-21-,28-26-,29-27-,34-32-,35-33-,40-38-,41-39-,44-43-,47-46-,52-50-,53-51-,58-56-,59-57-,64-62-,65-63-,70-68-. The van der Waals surface area contributed by atoms with Crippen molar-refractivity contribution in [2.75, 3.05) is 47.5 Å². The summed E-state index contributed by atoms with van der Waals surface area (Å²) < 4.78 is 22.8. The zero-order valence-corrected chi connectivity index (χ0v) is 63.9. The molecular formula is C92H139NO8. The fourth-order valence-corrected chi connectivity index (χ4v) is 9.45. The average Bonchev–Trinajstić information content (AvgIpc) is 1.21. The van der Waals surface area contributed by atoms with Crippen molar-refractivity contribution in [3.8, 4) is 0 Å². The van der Waals surface area contributed by atoms with E-state index in [1.165, 1.54) is 12.8 Å². The Morgan fingerprint density at radius 2 is 0.535 bits per heavy atom. The molecule has 2 atom stereocenters. The van der Waals surface area contributed by atoms with Crippen LogP contribution in [0.2, 0.25) is 0 Å². The zero-order valence-electron chi connectivity index (χ0n) is 63.9. The van der Waals surface area contributed by atoms with Gasteiger partial charge in [-0.15, -0.1) is 0 Å². The summed E-state index contributed by atoms with van der Waals surface area (Å²) in [7, 11) is 5.90. The fraction of sp³-hybridized carbons (Fsp3) is 0.511. The second-order valence-corrected chi connectivity index (χ2v) is 25.8. The molecule has 0 aliphatic rings. The number of likely N-dealkylation sites (N-methyl/N-ethyl adjacent to an activating group) is 1. The molecule has 0 aliphatic heterocycles. The Hall–Kier alpha value is -7.17. The van der Waals surface area contributed by atoms with E-state index in [0.717, 1.165) is 193 Å². The summed E-state index contributed by atoms with van der Waals surface area (Å²) in [6.07, 6.45) is 125. The van der Waals surface area contributed by atoms with Gasteiger partial charge < -0.3 is 33.3 Å². The lowest BCUT2D eigenvalue weighted by molar-refractivity contribution is -0.870. The lowest BCUT2D eigenvalue weighted by Gasteiger charge is -2.26. The molecule has 0 aliphatic carbocycles. The van der Waals surface area contributed by atoms with Gasteiger partial charge in [0.15, 0.2) is 12.4 Å². The third-order valence-electron chi connectivity index (χ3n) is 15.3. The summed E-state index contributed by atoms with van der Waals surface area (Å²) in [5, 5.41) is 11.9. The van der Waals surface area contributed by atoms with Crippen molar-refractivity contribution in [3.63, 3.8) is 0 Å². The molecule has 0 radical (unpaired) electrons. The van der Waals surface area contributed by atoms with Crippen LogP contribution in [0.15, 0.2) is 255 Å². The molecule has 0 saturated carbocycles. The zero-order chi connectivity index (χ0) is 73.2. The summed E-state index contributed by atoms with van der Waals surface area (Å²) in [6.45, 7) is 4.44. The summed E-state index contributed by atoms with van der Waals surface area (Å²) in [4.78, 5) is 37.6. The Balaban J connectivity index is 4.26. The van der Waals surface area contributed by atoms with E-state index in [9.17, 15) is 19.5 Å². The number of aliphatic carboxylic acids is 1. The summed E-state index contributed by atoms with van der Waals surface area (Å²) in [5.41, 5.74) is 0. The van der Waals surface area contributed by atoms with Gasteiger partial charge in [-0.05, 0) is 173 Å². The minimum atomic E-state index is -1.65. The lowest BCUT2D eigenvalue weighted by Crippen LogP contribution is -2.44. The number of unbranched alkanes of at least 4 members (excludes halogenated alkanes) is 11. The predicted octanol–water partition coefficient (Wildman–Crippen LogP) is 24.0. The van der Waals surface area contributed by atoms with Crippen molar-refractivity contribution in [2.45, 2.75) is 257 Å². The molecule has 0 aromatic carbocycles. The molecule has 9 nitrogen and oxygen atoms in total. The van der Waals surface area contributed by atoms with Crippen LogP contribution in [0.5, 0.6) is 0 Å². The number of carbonyl (C=O) groups excluding carboxylic acids is 3. The first kappa shape index (κ1) is 93.8. The van der Waals surface area contributed by atoms with Crippen LogP contribution in [0, 0.1) is 0 Å². The number of esters is 2. The van der Waals surface area contributed by atoms with Crippen molar-refractivity contribution in [1.82, 2.24) is 0 Å². The molecule has 0 rings (SSSR count). The molecule has 9 heteroatoms. The Bertz CT molecular complexity index is 2620. The fourth-order valence-electron chi connectivity index (χ4n) is 9.45. The topological polar surface area (TPSA) is 111 Å². The maximum atomic E-state index is 13.0. The van der Waals surface area contributed by atoms with Crippen LogP contribution in [0.1, 0.15) is 245 Å². The first-order chi connectivity index (χ1) is 49.6. The number of quaternary nitrogens is 1. The second kappa shape index (κ2) is 78.5. The Kier molecular flexibility index (Phi) is 73.0. The molecule has 0 bridgehead atoms. The monoisotopic (exact) mass is 1390 g/mol. The molecule has 0 aromatic rings. The molecule has 0 N–H and O–H groups in total. The van der Waals surface area contributed by atoms with E-state index >= 15 is 0 Å². The van der Waals surface area contributed by atoms with Crippen LogP contribution >= 0.6 is 0 Å². The van der Waals surface area contributed by atoms with Crippen molar-refractivity contribution >= 4 is 17.9 Å². The Morgan fingerprint density at radius 3 is 0.792 bits per heavy atom. The third kappa shape index (κ3) is 80.0. The van der Waals surface area contributed by atoms with Crippen LogP contribution in [0.25, 0.3) is 0 Å². The maximum absolute atomic E-state index is 13.0. The van der Waals surface area contributed by atoms with Crippen molar-refractivity contribution in [2.24, 2.45) is 0 Å². The van der Waals surface area contributed by atoms with Gasteiger partial charge in [0.25, 0.3) is 0 Å². The Labute approximate surface area is 617 Å². The quantitative estimate of drug-likeness (QED) is 0.0195. The highest BCUT2D eigenvalue weighted by Gasteiger charge is 2.22. The predicted molar refractivity (Wildman–Crippen MR) is 434 cm³/mol. The number of rotatable bonds is 68. The second-order valence-electron chi connectivity index (χ2n) is 25.8. The van der Waals surface area contributed by atoms with Crippen molar-refractivity contribution in [1.29, 1.82) is 0 Å². The van der Waals surface area contributed by atoms with E-state index in [4.69, 9.17) is 18.9 Å². The number of carbonyl (C=O) groups is 3. The Morgan fingerprint density at radius 1 is 0.297 bits per heavy atom. The van der Waals surface area contributed by atoms with Gasteiger partial charge in [0.05, 0.1) is 40.3 Å². The molecule has 560 valence electrons. The molecule has 101 heavy (non-hydrogen) atoms. The molecule has 0 amide bonds. The number of hydrogen-bond donors (Lipinski definition) is 0.